The minimum Gasteiger partial charge on any atom is -0.469 e. The first kappa shape index (κ1) is 13.9. The van der Waals surface area contributed by atoms with Gasteiger partial charge >= 0.3 is 0 Å². The summed E-state index contributed by atoms with van der Waals surface area (Å²) >= 11 is 0. The van der Waals surface area contributed by atoms with E-state index in [2.05, 4.69) is 11.3 Å². The van der Waals surface area contributed by atoms with E-state index in [4.69, 9.17) is 4.42 Å². The highest BCUT2D eigenvalue weighted by molar-refractivity contribution is 5.76. The lowest BCUT2D eigenvalue weighted by atomic mass is 10.1. The maximum absolute atomic E-state index is 12.3. The Morgan fingerprint density at radius 3 is 3.14 bits per heavy atom. The van der Waals surface area contributed by atoms with Crippen LogP contribution in [0.5, 0.6) is 0 Å². The number of rotatable bonds is 4. The average molecular weight is 287 g/mol. The maximum Gasteiger partial charge on any atom is 0.223 e. The molecule has 112 valence electrons. The van der Waals surface area contributed by atoms with E-state index in [9.17, 15) is 4.79 Å². The fraction of sp³-hybridized carbons (Fsp3) is 0.500. The number of carbonyl (C=O) groups is 1. The smallest absolute Gasteiger partial charge is 0.223 e. The lowest BCUT2D eigenvalue weighted by Gasteiger charge is -2.33. The lowest BCUT2D eigenvalue weighted by molar-refractivity contribution is -0.132. The third-order valence-electron chi connectivity index (χ3n) is 4.02. The Kier molecular flexibility index (Phi) is 4.08. The molecule has 0 aromatic carbocycles. The number of carbonyl (C=O) groups excluding carboxylic acids is 1. The Balaban J connectivity index is 1.56. The minimum absolute atomic E-state index is 0.208. The molecule has 21 heavy (non-hydrogen) atoms. The molecule has 5 nitrogen and oxygen atoms in total. The van der Waals surface area contributed by atoms with Crippen LogP contribution in [0.15, 0.2) is 35.2 Å². The molecule has 1 aliphatic rings. The van der Waals surface area contributed by atoms with E-state index >= 15 is 0 Å². The second kappa shape index (κ2) is 6.16. The van der Waals surface area contributed by atoms with Crippen LogP contribution in [0.4, 0.5) is 0 Å². The van der Waals surface area contributed by atoms with Crippen LogP contribution in [-0.2, 0) is 11.2 Å². The van der Waals surface area contributed by atoms with Gasteiger partial charge < -0.3 is 9.32 Å². The third-order valence-corrected chi connectivity index (χ3v) is 4.02. The summed E-state index contributed by atoms with van der Waals surface area (Å²) in [6, 6.07) is 4.08. The van der Waals surface area contributed by atoms with E-state index in [1.807, 2.05) is 34.8 Å². The summed E-state index contributed by atoms with van der Waals surface area (Å²) < 4.78 is 7.28. The molecular formula is C16H21N3O2. The monoisotopic (exact) mass is 287 g/mol. The Morgan fingerprint density at radius 2 is 2.43 bits per heavy atom. The maximum atomic E-state index is 12.3. The zero-order valence-electron chi connectivity index (χ0n) is 12.4. The first-order valence-corrected chi connectivity index (χ1v) is 7.53. The van der Waals surface area contributed by atoms with Crippen molar-refractivity contribution in [2.75, 3.05) is 13.1 Å². The molecule has 3 heterocycles. The van der Waals surface area contributed by atoms with Crippen LogP contribution >= 0.6 is 0 Å². The predicted octanol–water partition coefficient (Wildman–Crippen LogP) is 2.58. The van der Waals surface area contributed by atoms with Gasteiger partial charge in [-0.05, 0) is 37.5 Å². The van der Waals surface area contributed by atoms with Gasteiger partial charge in [-0.15, -0.1) is 0 Å². The largest absolute Gasteiger partial charge is 0.469 e. The van der Waals surface area contributed by atoms with Crippen LogP contribution in [-0.4, -0.2) is 33.7 Å². The fourth-order valence-electron chi connectivity index (χ4n) is 2.87. The highest BCUT2D eigenvalue weighted by atomic mass is 16.3. The van der Waals surface area contributed by atoms with Crippen LogP contribution in [0.3, 0.4) is 0 Å². The summed E-state index contributed by atoms with van der Waals surface area (Å²) in [5.74, 6) is 1.08. The molecule has 0 radical (unpaired) electrons. The van der Waals surface area contributed by atoms with Gasteiger partial charge in [-0.1, -0.05) is 0 Å². The van der Waals surface area contributed by atoms with Crippen molar-refractivity contribution < 1.29 is 9.21 Å². The molecule has 2 aromatic rings. The second-order valence-corrected chi connectivity index (χ2v) is 5.71. The van der Waals surface area contributed by atoms with Gasteiger partial charge in [0.05, 0.1) is 18.5 Å². The summed E-state index contributed by atoms with van der Waals surface area (Å²) in [5, 5.41) is 4.38. The molecule has 1 atom stereocenters. The van der Waals surface area contributed by atoms with Crippen LogP contribution < -0.4 is 0 Å². The molecule has 0 N–H and O–H groups in total. The zero-order valence-corrected chi connectivity index (χ0v) is 12.4. The van der Waals surface area contributed by atoms with E-state index < -0.39 is 0 Å². The summed E-state index contributed by atoms with van der Waals surface area (Å²) in [4.78, 5) is 14.3. The molecule has 5 heteroatoms. The quantitative estimate of drug-likeness (QED) is 0.868. The van der Waals surface area contributed by atoms with E-state index in [1.165, 1.54) is 0 Å². The number of amides is 1. The SMILES string of the molecule is Cc1cnn([C@H]2CCCN(C(=O)CCc3ccco3)C2)c1. The van der Waals surface area contributed by atoms with Gasteiger partial charge in [-0.25, -0.2) is 0 Å². The first-order valence-electron chi connectivity index (χ1n) is 7.53. The zero-order chi connectivity index (χ0) is 14.7. The van der Waals surface area contributed by atoms with Crippen molar-refractivity contribution in [1.82, 2.24) is 14.7 Å². The van der Waals surface area contributed by atoms with E-state index in [0.29, 0.717) is 18.9 Å². The van der Waals surface area contributed by atoms with Crippen molar-refractivity contribution in [2.24, 2.45) is 0 Å². The Hall–Kier alpha value is -2.04. The molecule has 1 aliphatic heterocycles. The van der Waals surface area contributed by atoms with Gasteiger partial charge in [0.15, 0.2) is 0 Å². The van der Waals surface area contributed by atoms with Crippen LogP contribution in [0.2, 0.25) is 0 Å². The molecule has 1 fully saturated rings. The first-order chi connectivity index (χ1) is 10.2. The van der Waals surface area contributed by atoms with Crippen molar-refractivity contribution >= 4 is 5.91 Å². The number of aryl methyl sites for hydroxylation is 2. The standard InChI is InChI=1S/C16H21N3O2/c1-13-10-17-19(11-13)14-4-2-8-18(12-14)16(20)7-6-15-5-3-9-21-15/h3,5,9-11,14H,2,4,6-8,12H2,1H3/t14-/m0/s1. The van der Waals surface area contributed by atoms with Gasteiger partial charge in [-0.2, -0.15) is 5.10 Å². The molecule has 0 aliphatic carbocycles. The lowest BCUT2D eigenvalue weighted by Crippen LogP contribution is -2.40. The summed E-state index contributed by atoms with van der Waals surface area (Å²) in [5.41, 5.74) is 1.16. The summed E-state index contributed by atoms with van der Waals surface area (Å²) in [6.07, 6.45) is 8.89. The molecule has 0 bridgehead atoms. The molecule has 2 aromatic heterocycles. The van der Waals surface area contributed by atoms with Crippen LogP contribution in [0, 0.1) is 6.92 Å². The normalized spacial score (nSPS) is 18.9. The number of hydrogen-bond acceptors (Lipinski definition) is 3. The molecule has 0 spiro atoms. The van der Waals surface area contributed by atoms with Crippen molar-refractivity contribution in [1.29, 1.82) is 0 Å². The Labute approximate surface area is 124 Å². The van der Waals surface area contributed by atoms with E-state index in [-0.39, 0.29) is 5.91 Å². The molecule has 1 amide bonds. The Bertz CT molecular complexity index is 588. The van der Waals surface area contributed by atoms with E-state index in [0.717, 1.165) is 37.3 Å². The Morgan fingerprint density at radius 1 is 1.52 bits per heavy atom. The van der Waals surface area contributed by atoms with Gasteiger partial charge in [0.2, 0.25) is 5.91 Å². The highest BCUT2D eigenvalue weighted by Crippen LogP contribution is 2.22. The van der Waals surface area contributed by atoms with Crippen LogP contribution in [0.25, 0.3) is 0 Å². The fourth-order valence-corrected chi connectivity index (χ4v) is 2.87. The molecule has 3 rings (SSSR count). The van der Waals surface area contributed by atoms with Gasteiger partial charge in [-0.3, -0.25) is 9.48 Å². The van der Waals surface area contributed by atoms with E-state index in [1.54, 1.807) is 6.26 Å². The van der Waals surface area contributed by atoms with Gasteiger partial charge in [0.1, 0.15) is 5.76 Å². The van der Waals surface area contributed by atoms with Crippen molar-refractivity contribution in [3.63, 3.8) is 0 Å². The average Bonchev–Trinajstić information content (AvgIpc) is 3.16. The van der Waals surface area contributed by atoms with Gasteiger partial charge in [0.25, 0.3) is 0 Å². The molecular weight excluding hydrogens is 266 g/mol. The number of hydrogen-bond donors (Lipinski definition) is 0. The number of aromatic nitrogens is 2. The number of furan rings is 1. The third kappa shape index (κ3) is 3.35. The predicted molar refractivity (Wildman–Crippen MR) is 78.8 cm³/mol. The topological polar surface area (TPSA) is 51.3 Å². The van der Waals surface area contributed by atoms with Crippen LogP contribution in [0.1, 0.15) is 36.6 Å². The number of piperidine rings is 1. The van der Waals surface area contributed by atoms with Crippen molar-refractivity contribution in [2.45, 2.75) is 38.6 Å². The molecule has 0 saturated carbocycles. The molecule has 0 unspecified atom stereocenters. The highest BCUT2D eigenvalue weighted by Gasteiger charge is 2.25. The second-order valence-electron chi connectivity index (χ2n) is 5.71. The number of nitrogens with zero attached hydrogens (tertiary/aromatic N) is 3. The summed E-state index contributed by atoms with van der Waals surface area (Å²) in [6.45, 7) is 3.66. The van der Waals surface area contributed by atoms with Gasteiger partial charge in [0, 0.05) is 32.1 Å². The molecule has 1 saturated heterocycles. The number of likely N-dealkylation sites (tertiary alicyclic amines) is 1. The van der Waals surface area contributed by atoms with Crippen molar-refractivity contribution in [3.8, 4) is 0 Å². The minimum atomic E-state index is 0.208. The van der Waals surface area contributed by atoms with Crippen molar-refractivity contribution in [3.05, 3.63) is 42.1 Å². The summed E-state index contributed by atoms with van der Waals surface area (Å²) in [7, 11) is 0.